The zero-order valence-electron chi connectivity index (χ0n) is 14.3. The molecular formula is C20H28N2OS. The summed E-state index contributed by atoms with van der Waals surface area (Å²) in [5, 5.41) is 11.6. The first-order chi connectivity index (χ1) is 11.8. The second kappa shape index (κ2) is 9.33. The Hall–Kier alpha value is -1.20. The van der Waals surface area contributed by atoms with E-state index >= 15 is 0 Å². The Morgan fingerprint density at radius 2 is 1.96 bits per heavy atom. The van der Waals surface area contributed by atoms with Crippen molar-refractivity contribution in [3.8, 4) is 0 Å². The fourth-order valence-electron chi connectivity index (χ4n) is 3.55. The number of aliphatic hydroxyl groups is 1. The maximum absolute atomic E-state index is 9.43. The van der Waals surface area contributed by atoms with Crippen molar-refractivity contribution in [3.05, 3.63) is 58.3 Å². The van der Waals surface area contributed by atoms with Gasteiger partial charge in [0.2, 0.25) is 0 Å². The van der Waals surface area contributed by atoms with Gasteiger partial charge in [-0.2, -0.15) is 0 Å². The van der Waals surface area contributed by atoms with Crippen molar-refractivity contribution in [2.45, 2.75) is 31.8 Å². The fourth-order valence-corrected chi connectivity index (χ4v) is 4.27. The molecule has 1 N–H and O–H groups in total. The Bertz CT molecular complexity index is 573. The van der Waals surface area contributed by atoms with Gasteiger partial charge >= 0.3 is 0 Å². The van der Waals surface area contributed by atoms with Crippen LogP contribution in [0.25, 0.3) is 0 Å². The van der Waals surface area contributed by atoms with E-state index in [2.05, 4.69) is 57.6 Å². The van der Waals surface area contributed by atoms with Crippen LogP contribution in [0, 0.1) is 0 Å². The molecule has 3 nitrogen and oxygen atoms in total. The average Bonchev–Trinajstić information content (AvgIpc) is 3.11. The van der Waals surface area contributed by atoms with Crippen molar-refractivity contribution in [2.75, 3.05) is 32.8 Å². The fraction of sp³-hybridized carbons (Fsp3) is 0.500. The molecule has 24 heavy (non-hydrogen) atoms. The molecule has 0 bridgehead atoms. The van der Waals surface area contributed by atoms with Crippen LogP contribution in [0.3, 0.4) is 0 Å². The highest BCUT2D eigenvalue weighted by atomic mass is 32.1. The van der Waals surface area contributed by atoms with Gasteiger partial charge in [-0.3, -0.25) is 4.90 Å². The Balaban J connectivity index is 1.47. The Morgan fingerprint density at radius 1 is 1.08 bits per heavy atom. The minimum atomic E-state index is 0.281. The number of piperazine rings is 1. The van der Waals surface area contributed by atoms with Gasteiger partial charge in [-0.25, -0.2) is 0 Å². The van der Waals surface area contributed by atoms with Gasteiger partial charge in [0.25, 0.3) is 0 Å². The van der Waals surface area contributed by atoms with E-state index in [1.807, 2.05) is 11.3 Å². The molecule has 0 saturated carbocycles. The van der Waals surface area contributed by atoms with Crippen LogP contribution in [-0.4, -0.2) is 53.7 Å². The summed E-state index contributed by atoms with van der Waals surface area (Å²) in [5.41, 5.74) is 1.43. The second-order valence-electron chi connectivity index (χ2n) is 6.61. The van der Waals surface area contributed by atoms with Crippen molar-refractivity contribution in [3.63, 3.8) is 0 Å². The lowest BCUT2D eigenvalue weighted by Crippen LogP contribution is -2.53. The van der Waals surface area contributed by atoms with E-state index in [-0.39, 0.29) is 6.61 Å². The molecule has 130 valence electrons. The quantitative estimate of drug-likeness (QED) is 0.796. The lowest BCUT2D eigenvalue weighted by atomic mass is 10.1. The first-order valence-corrected chi connectivity index (χ1v) is 9.86. The van der Waals surface area contributed by atoms with Crippen molar-refractivity contribution >= 4 is 11.3 Å². The number of nitrogens with zero attached hydrogens (tertiary/aromatic N) is 2. The minimum Gasteiger partial charge on any atom is -0.396 e. The lowest BCUT2D eigenvalue weighted by Gasteiger charge is -2.41. The second-order valence-corrected chi connectivity index (χ2v) is 7.64. The van der Waals surface area contributed by atoms with Gasteiger partial charge in [0, 0.05) is 43.7 Å². The van der Waals surface area contributed by atoms with Crippen LogP contribution < -0.4 is 0 Å². The molecule has 0 spiro atoms. The molecule has 2 heterocycles. The molecule has 1 atom stereocenters. The number of aryl methyl sites for hydroxylation is 1. The molecule has 0 radical (unpaired) electrons. The van der Waals surface area contributed by atoms with Crippen LogP contribution in [0.15, 0.2) is 47.8 Å². The van der Waals surface area contributed by atoms with Gasteiger partial charge in [0.1, 0.15) is 0 Å². The zero-order valence-corrected chi connectivity index (χ0v) is 15.1. The van der Waals surface area contributed by atoms with Gasteiger partial charge in [0.05, 0.1) is 0 Å². The summed E-state index contributed by atoms with van der Waals surface area (Å²) in [6.07, 6.45) is 3.24. The normalized spacial score (nSPS) is 19.6. The van der Waals surface area contributed by atoms with E-state index in [1.165, 1.54) is 16.9 Å². The third kappa shape index (κ3) is 5.15. The molecule has 0 amide bonds. The SMILES string of the molecule is OCCC1CN(CCCc2ccccc2)CCN1Cc1cccs1. The summed E-state index contributed by atoms with van der Waals surface area (Å²) in [6, 6.07) is 15.6. The molecule has 2 aromatic rings. The zero-order chi connectivity index (χ0) is 16.6. The first kappa shape index (κ1) is 17.6. The Morgan fingerprint density at radius 3 is 2.71 bits per heavy atom. The lowest BCUT2D eigenvalue weighted by molar-refractivity contribution is 0.0540. The summed E-state index contributed by atoms with van der Waals surface area (Å²) in [4.78, 5) is 6.56. The number of thiophene rings is 1. The van der Waals surface area contributed by atoms with Crippen LogP contribution in [-0.2, 0) is 13.0 Å². The first-order valence-electron chi connectivity index (χ1n) is 8.99. The molecule has 0 aliphatic carbocycles. The maximum atomic E-state index is 9.43. The molecule has 1 fully saturated rings. The number of rotatable bonds is 8. The van der Waals surface area contributed by atoms with E-state index in [1.54, 1.807) is 0 Å². The molecule has 3 rings (SSSR count). The largest absolute Gasteiger partial charge is 0.396 e. The average molecular weight is 345 g/mol. The van der Waals surface area contributed by atoms with Crippen LogP contribution in [0.4, 0.5) is 0 Å². The Labute approximate surface area is 149 Å². The number of aliphatic hydroxyl groups excluding tert-OH is 1. The number of hydrogen-bond donors (Lipinski definition) is 1. The van der Waals surface area contributed by atoms with E-state index in [9.17, 15) is 5.11 Å². The van der Waals surface area contributed by atoms with Crippen molar-refractivity contribution in [1.29, 1.82) is 0 Å². The highest BCUT2D eigenvalue weighted by Crippen LogP contribution is 2.19. The van der Waals surface area contributed by atoms with Gasteiger partial charge in [0.15, 0.2) is 0 Å². The smallest absolute Gasteiger partial charge is 0.0446 e. The molecule has 1 unspecified atom stereocenters. The Kier molecular flexibility index (Phi) is 6.85. The highest BCUT2D eigenvalue weighted by Gasteiger charge is 2.26. The van der Waals surface area contributed by atoms with Crippen LogP contribution in [0.1, 0.15) is 23.3 Å². The van der Waals surface area contributed by atoms with Crippen molar-refractivity contribution < 1.29 is 5.11 Å². The summed E-state index contributed by atoms with van der Waals surface area (Å²) in [6.45, 7) is 5.80. The van der Waals surface area contributed by atoms with E-state index < -0.39 is 0 Å². The standard InChI is InChI=1S/C20H28N2OS/c23-14-10-19-16-21(11-4-8-18-6-2-1-3-7-18)12-13-22(19)17-20-9-5-15-24-20/h1-3,5-7,9,15,19,23H,4,8,10-14,16-17H2. The third-order valence-electron chi connectivity index (χ3n) is 4.87. The number of benzene rings is 1. The predicted octanol–water partition coefficient (Wildman–Crippen LogP) is 3.25. The van der Waals surface area contributed by atoms with Crippen molar-refractivity contribution in [2.24, 2.45) is 0 Å². The molecule has 1 aromatic carbocycles. The minimum absolute atomic E-state index is 0.281. The van der Waals surface area contributed by atoms with E-state index in [0.717, 1.165) is 45.6 Å². The summed E-state index contributed by atoms with van der Waals surface area (Å²) in [5.74, 6) is 0. The monoisotopic (exact) mass is 344 g/mol. The number of hydrogen-bond acceptors (Lipinski definition) is 4. The molecular weight excluding hydrogens is 316 g/mol. The maximum Gasteiger partial charge on any atom is 0.0446 e. The van der Waals surface area contributed by atoms with Gasteiger partial charge in [-0.1, -0.05) is 36.4 Å². The molecule has 1 aromatic heterocycles. The summed E-state index contributed by atoms with van der Waals surface area (Å²) in [7, 11) is 0. The predicted molar refractivity (Wildman–Crippen MR) is 101 cm³/mol. The third-order valence-corrected chi connectivity index (χ3v) is 5.73. The van der Waals surface area contributed by atoms with Gasteiger partial charge in [-0.05, 0) is 42.8 Å². The van der Waals surface area contributed by atoms with Crippen molar-refractivity contribution in [1.82, 2.24) is 9.80 Å². The van der Waals surface area contributed by atoms with Crippen LogP contribution in [0.2, 0.25) is 0 Å². The van der Waals surface area contributed by atoms with Crippen LogP contribution >= 0.6 is 11.3 Å². The topological polar surface area (TPSA) is 26.7 Å². The van der Waals surface area contributed by atoms with Gasteiger partial charge < -0.3 is 10.0 Å². The molecule has 1 saturated heterocycles. The van der Waals surface area contributed by atoms with Crippen LogP contribution in [0.5, 0.6) is 0 Å². The molecule has 1 aliphatic rings. The summed E-state index contributed by atoms with van der Waals surface area (Å²) < 4.78 is 0. The molecule has 4 heteroatoms. The molecule has 1 aliphatic heterocycles. The van der Waals surface area contributed by atoms with Gasteiger partial charge in [-0.15, -0.1) is 11.3 Å². The highest BCUT2D eigenvalue weighted by molar-refractivity contribution is 7.09. The van der Waals surface area contributed by atoms with E-state index in [4.69, 9.17) is 0 Å². The van der Waals surface area contributed by atoms with E-state index in [0.29, 0.717) is 6.04 Å². The summed E-state index contributed by atoms with van der Waals surface area (Å²) >= 11 is 1.83.